The van der Waals surface area contributed by atoms with Gasteiger partial charge >= 0.3 is 5.97 Å². The molecule has 0 saturated carbocycles. The van der Waals surface area contributed by atoms with Crippen LogP contribution in [0.1, 0.15) is 32.6 Å². The third-order valence-corrected chi connectivity index (χ3v) is 8.07. The second kappa shape index (κ2) is 9.95. The lowest BCUT2D eigenvalue weighted by Gasteiger charge is -2.38. The number of methoxy groups -OCH3 is 1. The van der Waals surface area contributed by atoms with E-state index in [-0.39, 0.29) is 38.1 Å². The average molecular weight is 511 g/mol. The van der Waals surface area contributed by atoms with Crippen LogP contribution in [0.2, 0.25) is 0 Å². The van der Waals surface area contributed by atoms with Crippen molar-refractivity contribution in [3.8, 4) is 5.75 Å². The first kappa shape index (κ1) is 25.5. The molecule has 4 aliphatic heterocycles. The summed E-state index contributed by atoms with van der Waals surface area (Å²) in [5, 5.41) is 9.55. The minimum atomic E-state index is -1.34. The number of anilines is 1. The van der Waals surface area contributed by atoms with Gasteiger partial charge in [-0.05, 0) is 49.9 Å². The molecular weight excluding hydrogens is 476 g/mol. The van der Waals surface area contributed by atoms with Crippen LogP contribution in [0.5, 0.6) is 5.75 Å². The van der Waals surface area contributed by atoms with E-state index in [9.17, 15) is 19.5 Å². The Hall–Kier alpha value is -3.17. The summed E-state index contributed by atoms with van der Waals surface area (Å²) in [6.07, 6.45) is 9.73. The number of aliphatic hydroxyl groups is 1. The van der Waals surface area contributed by atoms with Crippen LogP contribution in [0, 0.1) is 11.8 Å². The number of carbonyl (C=O) groups excluding carboxylic acids is 3. The molecule has 1 unspecified atom stereocenters. The summed E-state index contributed by atoms with van der Waals surface area (Å²) >= 11 is 0. The maximum atomic E-state index is 14.3. The number of rotatable bonds is 6. The minimum absolute atomic E-state index is 0.131. The summed E-state index contributed by atoms with van der Waals surface area (Å²) in [5.41, 5.74) is -1.74. The van der Waals surface area contributed by atoms with E-state index < -0.39 is 35.0 Å². The summed E-state index contributed by atoms with van der Waals surface area (Å²) < 4.78 is 17.7. The van der Waals surface area contributed by atoms with Gasteiger partial charge in [-0.15, -0.1) is 0 Å². The van der Waals surface area contributed by atoms with Crippen molar-refractivity contribution in [1.82, 2.24) is 4.90 Å². The lowest BCUT2D eigenvalue weighted by Crippen LogP contribution is -2.56. The number of nitrogens with zero attached hydrogens (tertiary/aromatic N) is 2. The van der Waals surface area contributed by atoms with Gasteiger partial charge in [-0.3, -0.25) is 14.4 Å². The first-order valence-electron chi connectivity index (χ1n) is 13.0. The molecule has 2 saturated heterocycles. The predicted octanol–water partition coefficient (Wildman–Crippen LogP) is 2.23. The number of carbonyl (C=O) groups is 3. The number of esters is 1. The molecule has 2 amide bonds. The van der Waals surface area contributed by atoms with Crippen LogP contribution in [0.4, 0.5) is 5.69 Å². The van der Waals surface area contributed by atoms with Gasteiger partial charge in [0.2, 0.25) is 5.91 Å². The Bertz CT molecular complexity index is 1120. The number of hydrogen-bond acceptors (Lipinski definition) is 7. The van der Waals surface area contributed by atoms with Crippen LogP contribution in [0.3, 0.4) is 0 Å². The number of fused-ring (bicyclic) bond motifs is 2. The molecule has 1 N–H and O–H groups in total. The molecule has 198 valence electrons. The smallest absolute Gasteiger partial charge is 0.313 e. The number of aliphatic hydroxyl groups excluding tert-OH is 1. The Morgan fingerprint density at radius 1 is 1.08 bits per heavy atom. The first-order chi connectivity index (χ1) is 17.9. The molecule has 5 rings (SSSR count). The van der Waals surface area contributed by atoms with Crippen molar-refractivity contribution in [3.63, 3.8) is 0 Å². The largest absolute Gasteiger partial charge is 0.497 e. The predicted molar refractivity (Wildman–Crippen MR) is 135 cm³/mol. The van der Waals surface area contributed by atoms with Gasteiger partial charge in [0.15, 0.2) is 0 Å². The van der Waals surface area contributed by atoms with Gasteiger partial charge < -0.3 is 29.1 Å². The van der Waals surface area contributed by atoms with Crippen LogP contribution in [0.25, 0.3) is 0 Å². The zero-order chi connectivity index (χ0) is 26.2. The standard InChI is InChI=1S/C28H34N2O7/c1-3-27-13-5-4-6-18-36-26(34)22(27)21-24(32)30(16-8-17-31)23-25(33)29(15-7-14-28(21,23)37-27)19-9-11-20(35-2)12-10-19/h5,7,9-14,21-23,31H,3-4,6,8,15-18H2,1-2H3/b13-5-/t21-,22-,23?,27+,28-/m0/s1. The van der Waals surface area contributed by atoms with E-state index in [1.807, 2.05) is 31.2 Å². The van der Waals surface area contributed by atoms with Gasteiger partial charge in [-0.2, -0.15) is 0 Å². The molecule has 4 aliphatic rings. The van der Waals surface area contributed by atoms with Gasteiger partial charge in [-0.1, -0.05) is 31.2 Å². The van der Waals surface area contributed by atoms with Crippen LogP contribution >= 0.6 is 0 Å². The fourth-order valence-corrected chi connectivity index (χ4v) is 6.35. The van der Waals surface area contributed by atoms with Crippen molar-refractivity contribution in [3.05, 3.63) is 48.6 Å². The quantitative estimate of drug-likeness (QED) is 0.462. The number of likely N-dealkylation sites (tertiary alicyclic amines) is 1. The molecule has 4 heterocycles. The van der Waals surface area contributed by atoms with Crippen LogP contribution < -0.4 is 9.64 Å². The molecule has 1 aromatic carbocycles. The Morgan fingerprint density at radius 3 is 2.57 bits per heavy atom. The summed E-state index contributed by atoms with van der Waals surface area (Å²) in [7, 11) is 1.58. The molecule has 0 bridgehead atoms. The molecule has 0 aliphatic carbocycles. The molecule has 1 aromatic rings. The Balaban J connectivity index is 1.63. The number of benzene rings is 1. The van der Waals surface area contributed by atoms with Crippen molar-refractivity contribution >= 4 is 23.5 Å². The van der Waals surface area contributed by atoms with Crippen molar-refractivity contribution < 1.29 is 33.7 Å². The molecule has 37 heavy (non-hydrogen) atoms. The Kier molecular flexibility index (Phi) is 6.85. The number of allylic oxidation sites excluding steroid dienone is 1. The van der Waals surface area contributed by atoms with Gasteiger partial charge in [0, 0.05) is 25.4 Å². The lowest BCUT2D eigenvalue weighted by molar-refractivity contribution is -0.159. The van der Waals surface area contributed by atoms with E-state index in [2.05, 4.69) is 0 Å². The summed E-state index contributed by atoms with van der Waals surface area (Å²) in [6.45, 7) is 2.52. The molecule has 0 aromatic heterocycles. The van der Waals surface area contributed by atoms with Crippen LogP contribution in [0.15, 0.2) is 48.6 Å². The fraction of sp³-hybridized carbons (Fsp3) is 0.536. The van der Waals surface area contributed by atoms with E-state index in [0.29, 0.717) is 30.7 Å². The maximum Gasteiger partial charge on any atom is 0.313 e. The first-order valence-corrected chi connectivity index (χ1v) is 13.0. The minimum Gasteiger partial charge on any atom is -0.497 e. The third-order valence-electron chi connectivity index (χ3n) is 8.07. The number of hydrogen-bond donors (Lipinski definition) is 1. The zero-order valence-electron chi connectivity index (χ0n) is 21.3. The fourth-order valence-electron chi connectivity index (χ4n) is 6.35. The Labute approximate surface area is 216 Å². The average Bonchev–Trinajstić information content (AvgIpc) is 3.28. The second-order valence-corrected chi connectivity index (χ2v) is 9.99. The highest BCUT2D eigenvalue weighted by atomic mass is 16.6. The van der Waals surface area contributed by atoms with Gasteiger partial charge in [0.05, 0.1) is 19.6 Å². The van der Waals surface area contributed by atoms with E-state index in [1.165, 1.54) is 4.90 Å². The zero-order valence-corrected chi connectivity index (χ0v) is 21.3. The highest BCUT2D eigenvalue weighted by Gasteiger charge is 2.75. The molecule has 1 spiro atoms. The molecule has 0 radical (unpaired) electrons. The maximum absolute atomic E-state index is 14.3. The lowest BCUT2D eigenvalue weighted by atomic mass is 9.73. The Morgan fingerprint density at radius 2 is 1.86 bits per heavy atom. The number of amides is 2. The summed E-state index contributed by atoms with van der Waals surface area (Å²) in [6, 6.07) is 6.17. The molecule has 9 heteroatoms. The van der Waals surface area contributed by atoms with Crippen LogP contribution in [-0.4, -0.2) is 78.4 Å². The summed E-state index contributed by atoms with van der Waals surface area (Å²) in [4.78, 5) is 45.0. The molecule has 2 fully saturated rings. The monoisotopic (exact) mass is 510 g/mol. The van der Waals surface area contributed by atoms with Gasteiger partial charge in [-0.25, -0.2) is 0 Å². The van der Waals surface area contributed by atoms with E-state index in [4.69, 9.17) is 14.2 Å². The molecule has 5 atom stereocenters. The molecular formula is C28H34N2O7. The van der Waals surface area contributed by atoms with Crippen molar-refractivity contribution in [2.75, 3.05) is 38.3 Å². The third kappa shape index (κ3) is 3.95. The second-order valence-electron chi connectivity index (χ2n) is 9.99. The van der Waals surface area contributed by atoms with Crippen molar-refractivity contribution in [2.45, 2.75) is 49.9 Å². The molecule has 9 nitrogen and oxygen atoms in total. The van der Waals surface area contributed by atoms with Crippen LogP contribution in [-0.2, 0) is 23.9 Å². The van der Waals surface area contributed by atoms with Crippen molar-refractivity contribution in [1.29, 1.82) is 0 Å². The number of ether oxygens (including phenoxy) is 3. The highest BCUT2D eigenvalue weighted by molar-refractivity contribution is 6.05. The summed E-state index contributed by atoms with van der Waals surface area (Å²) in [5.74, 6) is -2.21. The van der Waals surface area contributed by atoms with E-state index >= 15 is 0 Å². The van der Waals surface area contributed by atoms with E-state index in [0.717, 1.165) is 6.42 Å². The highest BCUT2D eigenvalue weighted by Crippen LogP contribution is 2.58. The van der Waals surface area contributed by atoms with Gasteiger partial charge in [0.1, 0.15) is 28.9 Å². The van der Waals surface area contributed by atoms with E-state index in [1.54, 1.807) is 36.3 Å². The normalized spacial score (nSPS) is 34.0. The van der Waals surface area contributed by atoms with Crippen molar-refractivity contribution in [2.24, 2.45) is 11.8 Å². The van der Waals surface area contributed by atoms with Gasteiger partial charge in [0.25, 0.3) is 5.91 Å². The topological polar surface area (TPSA) is 106 Å². The SMILES string of the molecule is CC[C@@]12/C=C\CCCOC(=O)[C@@H]1[C@H]1C(=O)N(CCCO)C3C(=O)N(c4ccc(OC)cc4)CC=C[C@@]31O2. The number of cyclic esters (lactones) is 1.